The fourth-order valence-electron chi connectivity index (χ4n) is 1.52. The van der Waals surface area contributed by atoms with Gasteiger partial charge in [-0.05, 0) is 32.0 Å². The monoisotopic (exact) mass is 346 g/mol. The first kappa shape index (κ1) is 18.5. The fourth-order valence-corrected chi connectivity index (χ4v) is 3.10. The van der Waals surface area contributed by atoms with Crippen LogP contribution in [0.2, 0.25) is 5.02 Å². The molecule has 0 saturated carbocycles. The zero-order chi connectivity index (χ0) is 16.8. The summed E-state index contributed by atoms with van der Waals surface area (Å²) < 4.78 is 31.7. The Bertz CT molecular complexity index is 644. The SMILES string of the molecule is C=CCNC(=O)COc1ccc(S(=O)(=O)NC(C)C)cc1Cl. The van der Waals surface area contributed by atoms with E-state index in [9.17, 15) is 13.2 Å². The van der Waals surface area contributed by atoms with E-state index in [1.54, 1.807) is 19.9 Å². The topological polar surface area (TPSA) is 84.5 Å². The Kier molecular flexibility index (Phi) is 6.86. The molecule has 1 amide bonds. The molecule has 0 aliphatic carbocycles. The van der Waals surface area contributed by atoms with E-state index in [0.717, 1.165) is 0 Å². The van der Waals surface area contributed by atoms with Crippen molar-refractivity contribution in [3.05, 3.63) is 35.9 Å². The minimum atomic E-state index is -3.62. The van der Waals surface area contributed by atoms with Gasteiger partial charge < -0.3 is 10.1 Å². The van der Waals surface area contributed by atoms with Crippen LogP contribution in [-0.2, 0) is 14.8 Å². The third-order valence-electron chi connectivity index (χ3n) is 2.41. The third-order valence-corrected chi connectivity index (χ3v) is 4.36. The molecule has 0 aliphatic rings. The van der Waals surface area contributed by atoms with Crippen molar-refractivity contribution >= 4 is 27.5 Å². The Labute approximate surface area is 135 Å². The molecule has 0 spiro atoms. The fraction of sp³-hybridized carbons (Fsp3) is 0.357. The summed E-state index contributed by atoms with van der Waals surface area (Å²) >= 11 is 5.99. The van der Waals surface area contributed by atoms with Gasteiger partial charge in [0.1, 0.15) is 5.75 Å². The van der Waals surface area contributed by atoms with E-state index in [1.165, 1.54) is 18.2 Å². The summed E-state index contributed by atoms with van der Waals surface area (Å²) in [5.41, 5.74) is 0. The van der Waals surface area contributed by atoms with Crippen LogP contribution in [0.3, 0.4) is 0 Å². The van der Waals surface area contributed by atoms with Gasteiger partial charge >= 0.3 is 0 Å². The van der Waals surface area contributed by atoms with Gasteiger partial charge in [0, 0.05) is 12.6 Å². The Morgan fingerprint density at radius 3 is 2.68 bits per heavy atom. The van der Waals surface area contributed by atoms with Gasteiger partial charge in [0.15, 0.2) is 6.61 Å². The smallest absolute Gasteiger partial charge is 0.258 e. The van der Waals surface area contributed by atoms with Crippen molar-refractivity contribution < 1.29 is 17.9 Å². The molecular weight excluding hydrogens is 328 g/mol. The minimum absolute atomic E-state index is 0.0367. The van der Waals surface area contributed by atoms with E-state index in [4.69, 9.17) is 16.3 Å². The van der Waals surface area contributed by atoms with Crippen LogP contribution in [0.4, 0.5) is 0 Å². The third kappa shape index (κ3) is 5.67. The average molecular weight is 347 g/mol. The largest absolute Gasteiger partial charge is 0.482 e. The molecule has 8 heteroatoms. The molecule has 0 aliphatic heterocycles. The lowest BCUT2D eigenvalue weighted by Crippen LogP contribution is -2.30. The number of sulfonamides is 1. The molecule has 22 heavy (non-hydrogen) atoms. The summed E-state index contributed by atoms with van der Waals surface area (Å²) in [7, 11) is -3.62. The molecular formula is C14H19ClN2O4S. The average Bonchev–Trinajstić information content (AvgIpc) is 2.42. The van der Waals surface area contributed by atoms with Crippen molar-refractivity contribution in [2.24, 2.45) is 0 Å². The van der Waals surface area contributed by atoms with Crippen LogP contribution >= 0.6 is 11.6 Å². The van der Waals surface area contributed by atoms with Crippen molar-refractivity contribution in [1.29, 1.82) is 0 Å². The molecule has 0 unspecified atom stereocenters. The zero-order valence-electron chi connectivity index (χ0n) is 12.4. The summed E-state index contributed by atoms with van der Waals surface area (Å²) in [6.45, 7) is 7.04. The number of hydrogen-bond acceptors (Lipinski definition) is 4. The van der Waals surface area contributed by atoms with Crippen LogP contribution in [0.15, 0.2) is 35.7 Å². The summed E-state index contributed by atoms with van der Waals surface area (Å²) in [5.74, 6) is -0.0898. The Morgan fingerprint density at radius 1 is 1.45 bits per heavy atom. The number of carbonyl (C=O) groups is 1. The first-order valence-electron chi connectivity index (χ1n) is 6.58. The molecule has 0 radical (unpaired) electrons. The second-order valence-electron chi connectivity index (χ2n) is 4.75. The van der Waals surface area contributed by atoms with Crippen molar-refractivity contribution in [2.45, 2.75) is 24.8 Å². The van der Waals surface area contributed by atoms with Crippen LogP contribution in [0.5, 0.6) is 5.75 Å². The van der Waals surface area contributed by atoms with E-state index >= 15 is 0 Å². The molecule has 2 N–H and O–H groups in total. The number of ether oxygens (including phenoxy) is 1. The Morgan fingerprint density at radius 2 is 2.14 bits per heavy atom. The second kappa shape index (κ2) is 8.17. The van der Waals surface area contributed by atoms with Crippen molar-refractivity contribution in [3.63, 3.8) is 0 Å². The highest BCUT2D eigenvalue weighted by Crippen LogP contribution is 2.27. The highest BCUT2D eigenvalue weighted by Gasteiger charge is 2.17. The lowest BCUT2D eigenvalue weighted by atomic mass is 10.3. The lowest BCUT2D eigenvalue weighted by molar-refractivity contribution is -0.122. The summed E-state index contributed by atoms with van der Waals surface area (Å²) in [6.07, 6.45) is 1.55. The van der Waals surface area contributed by atoms with Crippen LogP contribution in [0, 0.1) is 0 Å². The summed E-state index contributed by atoms with van der Waals surface area (Å²) in [6, 6.07) is 3.84. The number of nitrogens with one attached hydrogen (secondary N) is 2. The molecule has 0 bridgehead atoms. The van der Waals surface area contributed by atoms with Crippen LogP contribution in [0.1, 0.15) is 13.8 Å². The molecule has 6 nitrogen and oxygen atoms in total. The van der Waals surface area contributed by atoms with Crippen LogP contribution in [0.25, 0.3) is 0 Å². The molecule has 1 aromatic carbocycles. The van der Waals surface area contributed by atoms with Crippen molar-refractivity contribution in [1.82, 2.24) is 10.0 Å². The number of halogens is 1. The van der Waals surface area contributed by atoms with Gasteiger partial charge in [-0.2, -0.15) is 0 Å². The van der Waals surface area contributed by atoms with Gasteiger partial charge in [0.2, 0.25) is 10.0 Å². The zero-order valence-corrected chi connectivity index (χ0v) is 14.0. The van der Waals surface area contributed by atoms with Gasteiger partial charge in [-0.3, -0.25) is 4.79 Å². The van der Waals surface area contributed by atoms with Gasteiger partial charge in [0.05, 0.1) is 9.92 Å². The lowest BCUT2D eigenvalue weighted by Gasteiger charge is -2.12. The Hall–Kier alpha value is -1.57. The molecule has 0 fully saturated rings. The second-order valence-corrected chi connectivity index (χ2v) is 6.87. The molecule has 1 aromatic rings. The maximum absolute atomic E-state index is 12.0. The standard InChI is InChI=1S/C14H19ClN2O4S/c1-4-7-16-14(18)9-21-13-6-5-11(8-12(13)15)22(19,20)17-10(2)3/h4-6,8,10,17H,1,7,9H2,2-3H3,(H,16,18). The van der Waals surface area contributed by atoms with E-state index in [1.807, 2.05) is 0 Å². The maximum Gasteiger partial charge on any atom is 0.258 e. The van der Waals surface area contributed by atoms with Gasteiger partial charge in [-0.1, -0.05) is 17.7 Å². The highest BCUT2D eigenvalue weighted by atomic mass is 35.5. The van der Waals surface area contributed by atoms with Crippen molar-refractivity contribution in [3.8, 4) is 5.75 Å². The van der Waals surface area contributed by atoms with Gasteiger partial charge in [0.25, 0.3) is 5.91 Å². The normalized spacial score (nSPS) is 11.3. The highest BCUT2D eigenvalue weighted by molar-refractivity contribution is 7.89. The van der Waals surface area contributed by atoms with E-state index in [2.05, 4.69) is 16.6 Å². The number of benzene rings is 1. The summed E-state index contributed by atoms with van der Waals surface area (Å²) in [4.78, 5) is 11.4. The van der Waals surface area contributed by atoms with Crippen molar-refractivity contribution in [2.75, 3.05) is 13.2 Å². The molecule has 0 saturated heterocycles. The van der Waals surface area contributed by atoms with E-state index in [-0.39, 0.29) is 34.2 Å². The van der Waals surface area contributed by atoms with E-state index < -0.39 is 10.0 Å². The molecule has 1 rings (SSSR count). The molecule has 0 heterocycles. The molecule has 0 atom stereocenters. The predicted octanol–water partition coefficient (Wildman–Crippen LogP) is 1.71. The number of rotatable bonds is 8. The minimum Gasteiger partial charge on any atom is -0.482 e. The van der Waals surface area contributed by atoms with E-state index in [0.29, 0.717) is 6.54 Å². The number of hydrogen-bond donors (Lipinski definition) is 2. The van der Waals surface area contributed by atoms with Crippen LogP contribution in [-0.4, -0.2) is 33.5 Å². The quantitative estimate of drug-likeness (QED) is 0.702. The maximum atomic E-state index is 12.0. The van der Waals surface area contributed by atoms with Gasteiger partial charge in [-0.15, -0.1) is 6.58 Å². The number of carbonyl (C=O) groups excluding carboxylic acids is 1. The van der Waals surface area contributed by atoms with Gasteiger partial charge in [-0.25, -0.2) is 13.1 Å². The first-order chi connectivity index (χ1) is 10.3. The first-order valence-corrected chi connectivity index (χ1v) is 8.44. The number of amides is 1. The Balaban J connectivity index is 2.78. The molecule has 122 valence electrons. The molecule has 0 aromatic heterocycles. The predicted molar refractivity (Wildman–Crippen MR) is 85.6 cm³/mol. The van der Waals surface area contributed by atoms with Crippen LogP contribution < -0.4 is 14.8 Å². The summed E-state index contributed by atoms with van der Waals surface area (Å²) in [5, 5.41) is 2.66.